The summed E-state index contributed by atoms with van der Waals surface area (Å²) in [5.41, 5.74) is 14.2. The van der Waals surface area contributed by atoms with E-state index in [1.54, 1.807) is 0 Å². The summed E-state index contributed by atoms with van der Waals surface area (Å²) >= 11 is 0. The molecule has 0 amide bonds. The Labute approximate surface area is 283 Å². The molecule has 0 aromatic heterocycles. The fraction of sp³-hybridized carbons (Fsp3) is 0.0833. The molecule has 48 heavy (non-hydrogen) atoms. The largest absolute Gasteiger partial charge is 0.0795 e. The molecule has 0 unspecified atom stereocenters. The first kappa shape index (κ1) is 29.7. The van der Waals surface area contributed by atoms with E-state index in [0.717, 1.165) is 6.42 Å². The summed E-state index contributed by atoms with van der Waals surface area (Å²) in [4.78, 5) is 0. The van der Waals surface area contributed by atoms with E-state index in [0.29, 0.717) is 0 Å². The average molecular weight is 615 g/mol. The Morgan fingerprint density at radius 1 is 0.396 bits per heavy atom. The van der Waals surface area contributed by atoms with Gasteiger partial charge in [-0.2, -0.15) is 0 Å². The summed E-state index contributed by atoms with van der Waals surface area (Å²) in [6.07, 6.45) is 5.56. The van der Waals surface area contributed by atoms with Crippen molar-refractivity contribution < 1.29 is 0 Å². The molecule has 0 fully saturated rings. The number of benzene rings is 8. The predicted molar refractivity (Wildman–Crippen MR) is 209 cm³/mol. The van der Waals surface area contributed by atoms with Crippen LogP contribution in [0.25, 0.3) is 71.8 Å². The highest BCUT2D eigenvalue weighted by atomic mass is 14.2. The minimum atomic E-state index is 0.884. The molecule has 8 rings (SSSR count). The van der Waals surface area contributed by atoms with Gasteiger partial charge in [0.05, 0.1) is 0 Å². The van der Waals surface area contributed by atoms with Crippen LogP contribution in [0.1, 0.15) is 27.8 Å². The van der Waals surface area contributed by atoms with E-state index in [-0.39, 0.29) is 0 Å². The zero-order valence-electron chi connectivity index (χ0n) is 27.8. The third-order valence-corrected chi connectivity index (χ3v) is 10.2. The molecule has 0 aliphatic carbocycles. The van der Waals surface area contributed by atoms with Crippen LogP contribution in [-0.2, 0) is 6.42 Å². The third-order valence-electron chi connectivity index (χ3n) is 10.2. The second kappa shape index (κ2) is 12.5. The molecule has 0 heteroatoms. The highest BCUT2D eigenvalue weighted by Gasteiger charge is 2.13. The van der Waals surface area contributed by atoms with Crippen molar-refractivity contribution in [1.29, 1.82) is 0 Å². The molecule has 0 atom stereocenters. The Kier molecular flexibility index (Phi) is 7.71. The van der Waals surface area contributed by atoms with E-state index in [4.69, 9.17) is 0 Å². The number of fused-ring (bicyclic) bond motifs is 3. The van der Waals surface area contributed by atoms with Gasteiger partial charge in [-0.05, 0) is 133 Å². The highest BCUT2D eigenvalue weighted by Crippen LogP contribution is 2.36. The van der Waals surface area contributed by atoms with Gasteiger partial charge in [0.25, 0.3) is 0 Å². The molecule has 0 saturated heterocycles. The highest BCUT2D eigenvalue weighted by molar-refractivity contribution is 5.99. The van der Waals surface area contributed by atoms with Crippen LogP contribution in [0.3, 0.4) is 0 Å². The first-order chi connectivity index (χ1) is 23.5. The minimum absolute atomic E-state index is 0.884. The molecule has 0 radical (unpaired) electrons. The van der Waals surface area contributed by atoms with Gasteiger partial charge < -0.3 is 0 Å². The lowest BCUT2D eigenvalue weighted by Gasteiger charge is -2.16. The smallest absolute Gasteiger partial charge is 0.00939 e. The molecule has 0 spiro atoms. The van der Waals surface area contributed by atoms with Gasteiger partial charge in [-0.1, -0.05) is 152 Å². The van der Waals surface area contributed by atoms with Crippen LogP contribution in [0.15, 0.2) is 158 Å². The van der Waals surface area contributed by atoms with Crippen LogP contribution < -0.4 is 0 Å². The van der Waals surface area contributed by atoms with Crippen LogP contribution in [0.4, 0.5) is 0 Å². The average Bonchev–Trinajstić information content (AvgIpc) is 3.15. The summed E-state index contributed by atoms with van der Waals surface area (Å²) < 4.78 is 0. The summed E-state index contributed by atoms with van der Waals surface area (Å²) in [5, 5.41) is 7.78. The second-order valence-corrected chi connectivity index (χ2v) is 13.0. The predicted octanol–water partition coefficient (Wildman–Crippen LogP) is 13.3. The standard InChI is InChI=1S/C48H38/c1-32-33(2)43-28-27-39(38-19-10-21-41(30-38)47-26-12-18-37-16-5-7-23-45(37)47)31-48(43)34(3)42(32)24-9-14-35-13-8-20-40(29-35)46-25-11-17-36-15-4-6-22-44(36)46/h4-13,15-31H,14H2,1-3H3/b24-9-. The number of rotatable bonds is 6. The monoisotopic (exact) mass is 614 g/mol. The maximum atomic E-state index is 2.39. The lowest BCUT2D eigenvalue weighted by atomic mass is 9.88. The molecule has 0 nitrogen and oxygen atoms in total. The summed E-state index contributed by atoms with van der Waals surface area (Å²) in [5.74, 6) is 0. The van der Waals surface area contributed by atoms with E-state index in [1.165, 1.54) is 93.5 Å². The van der Waals surface area contributed by atoms with Crippen molar-refractivity contribution in [3.05, 3.63) is 186 Å². The fourth-order valence-electron chi connectivity index (χ4n) is 7.44. The maximum Gasteiger partial charge on any atom is -0.00939 e. The first-order valence-corrected chi connectivity index (χ1v) is 16.9. The Morgan fingerprint density at radius 3 is 1.67 bits per heavy atom. The van der Waals surface area contributed by atoms with Crippen LogP contribution in [0.5, 0.6) is 0 Å². The summed E-state index contributed by atoms with van der Waals surface area (Å²) in [6.45, 7) is 6.82. The summed E-state index contributed by atoms with van der Waals surface area (Å²) in [7, 11) is 0. The van der Waals surface area contributed by atoms with Gasteiger partial charge in [-0.3, -0.25) is 0 Å². The van der Waals surface area contributed by atoms with Crippen molar-refractivity contribution in [1.82, 2.24) is 0 Å². The Bertz CT molecular complexity index is 2500. The number of hydrogen-bond acceptors (Lipinski definition) is 0. The van der Waals surface area contributed by atoms with Crippen molar-refractivity contribution in [2.24, 2.45) is 0 Å². The molecule has 0 heterocycles. The van der Waals surface area contributed by atoms with E-state index >= 15 is 0 Å². The van der Waals surface area contributed by atoms with E-state index in [1.807, 2.05) is 0 Å². The van der Waals surface area contributed by atoms with Gasteiger partial charge in [0, 0.05) is 0 Å². The van der Waals surface area contributed by atoms with Gasteiger partial charge in [-0.15, -0.1) is 0 Å². The quantitative estimate of drug-likeness (QED) is 0.175. The Morgan fingerprint density at radius 2 is 0.958 bits per heavy atom. The molecular weight excluding hydrogens is 577 g/mol. The third kappa shape index (κ3) is 5.40. The van der Waals surface area contributed by atoms with Gasteiger partial charge in [0.2, 0.25) is 0 Å². The molecule has 8 aromatic rings. The zero-order valence-corrected chi connectivity index (χ0v) is 27.8. The molecule has 230 valence electrons. The Hall–Kier alpha value is -5.72. The van der Waals surface area contributed by atoms with Crippen molar-refractivity contribution in [2.45, 2.75) is 27.2 Å². The van der Waals surface area contributed by atoms with Crippen molar-refractivity contribution in [2.75, 3.05) is 0 Å². The molecular formula is C48H38. The Balaban J connectivity index is 1.12. The maximum absolute atomic E-state index is 2.39. The topological polar surface area (TPSA) is 0 Å². The number of allylic oxidation sites excluding steroid dienone is 1. The summed E-state index contributed by atoms with van der Waals surface area (Å²) in [6, 6.07) is 55.4. The molecule has 0 bridgehead atoms. The van der Waals surface area contributed by atoms with Crippen molar-refractivity contribution in [3.8, 4) is 33.4 Å². The second-order valence-electron chi connectivity index (χ2n) is 13.0. The minimum Gasteiger partial charge on any atom is -0.0795 e. The number of hydrogen-bond donors (Lipinski definition) is 0. The van der Waals surface area contributed by atoms with Crippen LogP contribution in [-0.4, -0.2) is 0 Å². The van der Waals surface area contributed by atoms with Gasteiger partial charge >= 0.3 is 0 Å². The van der Waals surface area contributed by atoms with E-state index in [9.17, 15) is 0 Å². The lowest BCUT2D eigenvalue weighted by molar-refractivity contribution is 1.27. The van der Waals surface area contributed by atoms with Crippen LogP contribution in [0.2, 0.25) is 0 Å². The van der Waals surface area contributed by atoms with Crippen molar-refractivity contribution in [3.63, 3.8) is 0 Å². The van der Waals surface area contributed by atoms with Gasteiger partial charge in [0.1, 0.15) is 0 Å². The van der Waals surface area contributed by atoms with Crippen LogP contribution >= 0.6 is 0 Å². The normalized spacial score (nSPS) is 11.6. The zero-order chi connectivity index (χ0) is 32.6. The van der Waals surface area contributed by atoms with Crippen molar-refractivity contribution >= 4 is 38.4 Å². The van der Waals surface area contributed by atoms with Gasteiger partial charge in [-0.25, -0.2) is 0 Å². The van der Waals surface area contributed by atoms with E-state index in [2.05, 4.69) is 185 Å². The lowest BCUT2D eigenvalue weighted by Crippen LogP contribution is -1.95. The number of aryl methyl sites for hydroxylation is 2. The molecule has 0 N–H and O–H groups in total. The van der Waals surface area contributed by atoms with Crippen LogP contribution in [0, 0.1) is 20.8 Å². The molecule has 0 aliphatic rings. The fourth-order valence-corrected chi connectivity index (χ4v) is 7.44. The SMILES string of the molecule is Cc1c(/C=C\Cc2cccc(-c3cccc4ccccc34)c2)c(C)c2cc(-c3cccc(-c4cccc5ccccc45)c3)ccc2c1C. The van der Waals surface area contributed by atoms with Gasteiger partial charge in [0.15, 0.2) is 0 Å². The molecule has 8 aromatic carbocycles. The first-order valence-electron chi connectivity index (χ1n) is 16.9. The molecule has 0 aliphatic heterocycles. The van der Waals surface area contributed by atoms with E-state index < -0.39 is 0 Å². The molecule has 0 saturated carbocycles.